The molecule has 1 aromatic heterocycles. The van der Waals surface area contributed by atoms with Crippen LogP contribution >= 0.6 is 11.6 Å². The van der Waals surface area contributed by atoms with E-state index in [0.717, 1.165) is 17.0 Å². The Bertz CT molecular complexity index is 782. The topological polar surface area (TPSA) is 56.3 Å². The lowest BCUT2D eigenvalue weighted by atomic mass is 9.84. The molecule has 1 saturated heterocycles. The molecule has 0 bridgehead atoms. The van der Waals surface area contributed by atoms with E-state index in [-0.39, 0.29) is 17.7 Å². The van der Waals surface area contributed by atoms with Gasteiger partial charge in [-0.15, -0.1) is 0 Å². The number of aromatic nitrogens is 1. The quantitative estimate of drug-likeness (QED) is 0.909. The second kappa shape index (κ2) is 5.69. The van der Waals surface area contributed by atoms with Gasteiger partial charge in [-0.2, -0.15) is 0 Å². The molecule has 2 aromatic rings. The molecule has 1 aromatic carbocycles. The molecule has 1 aliphatic carbocycles. The number of nitrogens with one attached hydrogen (secondary N) is 1. The van der Waals surface area contributed by atoms with Gasteiger partial charge in [0.1, 0.15) is 6.23 Å². The minimum absolute atomic E-state index is 0.0204. The van der Waals surface area contributed by atoms with Gasteiger partial charge in [0.15, 0.2) is 0 Å². The number of aliphatic hydroxyl groups is 1. The minimum atomic E-state index is -0.696. The van der Waals surface area contributed by atoms with Crippen LogP contribution < -0.4 is 0 Å². The number of amides is 1. The molecule has 3 unspecified atom stereocenters. The molecule has 120 valence electrons. The van der Waals surface area contributed by atoms with Crippen molar-refractivity contribution in [2.45, 2.75) is 25.5 Å². The Balaban J connectivity index is 1.50. The second-order valence-corrected chi connectivity index (χ2v) is 6.90. The summed E-state index contributed by atoms with van der Waals surface area (Å²) < 4.78 is 0. The fourth-order valence-electron chi connectivity index (χ4n) is 3.87. The van der Waals surface area contributed by atoms with E-state index in [1.165, 1.54) is 10.9 Å². The number of nitrogens with zero attached hydrogens (tertiary/aromatic N) is 1. The van der Waals surface area contributed by atoms with Crippen LogP contribution in [0.25, 0.3) is 10.9 Å². The summed E-state index contributed by atoms with van der Waals surface area (Å²) in [5, 5.41) is 12.4. The maximum absolute atomic E-state index is 12.6. The van der Waals surface area contributed by atoms with Crippen LogP contribution in [0.4, 0.5) is 0 Å². The lowest BCUT2D eigenvalue weighted by Crippen LogP contribution is -2.36. The summed E-state index contributed by atoms with van der Waals surface area (Å²) in [5.41, 5.74) is 2.27. The van der Waals surface area contributed by atoms with Gasteiger partial charge >= 0.3 is 0 Å². The highest BCUT2D eigenvalue weighted by molar-refractivity contribution is 6.29. The molecule has 0 spiro atoms. The summed E-state index contributed by atoms with van der Waals surface area (Å²) in [5.74, 6) is -0.146. The predicted molar refractivity (Wildman–Crippen MR) is 89.9 cm³/mol. The summed E-state index contributed by atoms with van der Waals surface area (Å²) in [4.78, 5) is 17.5. The first kappa shape index (κ1) is 14.8. The van der Waals surface area contributed by atoms with E-state index in [9.17, 15) is 9.90 Å². The van der Waals surface area contributed by atoms with Gasteiger partial charge in [-0.25, -0.2) is 0 Å². The number of benzene rings is 1. The third-order valence-corrected chi connectivity index (χ3v) is 5.45. The number of likely N-dealkylation sites (tertiary alicyclic amines) is 1. The van der Waals surface area contributed by atoms with Gasteiger partial charge in [-0.1, -0.05) is 35.9 Å². The molecule has 5 heteroatoms. The van der Waals surface area contributed by atoms with E-state index in [1.807, 2.05) is 30.5 Å². The number of para-hydroxylation sites is 1. The number of carbonyl (C=O) groups excluding carboxylic acids is 1. The summed E-state index contributed by atoms with van der Waals surface area (Å²) in [6.07, 6.45) is 5.20. The number of allylic oxidation sites excluding steroid dienone is 2. The first-order valence-electron chi connectivity index (χ1n) is 8.03. The van der Waals surface area contributed by atoms with Crippen LogP contribution in [0.3, 0.4) is 0 Å². The average molecular weight is 331 g/mol. The maximum atomic E-state index is 12.6. The number of rotatable bonds is 3. The van der Waals surface area contributed by atoms with Crippen molar-refractivity contribution in [3.8, 4) is 0 Å². The number of aromatic amines is 1. The standard InChI is InChI=1S/C18H19ClN2O2/c19-12-5-6-14-15(9-12)18(23)21(17(14)22)8-7-11-10-20-16-4-2-1-3-13(11)16/h1-5,10,14-15,17,20,22H,6-9H2. The van der Waals surface area contributed by atoms with E-state index >= 15 is 0 Å². The lowest BCUT2D eigenvalue weighted by Gasteiger charge is -2.24. The van der Waals surface area contributed by atoms with E-state index < -0.39 is 6.23 Å². The number of hydrogen-bond donors (Lipinski definition) is 2. The molecular formula is C18H19ClN2O2. The van der Waals surface area contributed by atoms with Gasteiger partial charge in [0, 0.05) is 34.6 Å². The molecule has 0 saturated carbocycles. The molecule has 23 heavy (non-hydrogen) atoms. The monoisotopic (exact) mass is 330 g/mol. The number of aliphatic hydroxyl groups excluding tert-OH is 1. The number of carbonyl (C=O) groups is 1. The zero-order chi connectivity index (χ0) is 16.0. The first-order valence-corrected chi connectivity index (χ1v) is 8.41. The first-order chi connectivity index (χ1) is 11.1. The molecule has 3 atom stereocenters. The Morgan fingerprint density at radius 3 is 3.04 bits per heavy atom. The molecular weight excluding hydrogens is 312 g/mol. The predicted octanol–water partition coefficient (Wildman–Crippen LogP) is 3.02. The van der Waals surface area contributed by atoms with Gasteiger partial charge in [0.2, 0.25) is 5.91 Å². The fraction of sp³-hybridized carbons (Fsp3) is 0.389. The zero-order valence-corrected chi connectivity index (χ0v) is 13.5. The van der Waals surface area contributed by atoms with Crippen molar-refractivity contribution in [2.24, 2.45) is 11.8 Å². The Morgan fingerprint density at radius 1 is 1.35 bits per heavy atom. The Labute approximate surface area is 139 Å². The molecule has 1 aliphatic heterocycles. The van der Waals surface area contributed by atoms with E-state index in [1.54, 1.807) is 4.90 Å². The fourth-order valence-corrected chi connectivity index (χ4v) is 4.12. The van der Waals surface area contributed by atoms with Crippen molar-refractivity contribution in [2.75, 3.05) is 6.54 Å². The van der Waals surface area contributed by atoms with Crippen LogP contribution in [0.15, 0.2) is 41.6 Å². The second-order valence-electron chi connectivity index (χ2n) is 6.42. The lowest BCUT2D eigenvalue weighted by molar-refractivity contribution is -0.135. The van der Waals surface area contributed by atoms with Crippen LogP contribution in [-0.2, 0) is 11.2 Å². The zero-order valence-electron chi connectivity index (χ0n) is 12.7. The van der Waals surface area contributed by atoms with Crippen LogP contribution in [0.1, 0.15) is 18.4 Å². The van der Waals surface area contributed by atoms with Crippen molar-refractivity contribution in [3.05, 3.63) is 47.1 Å². The third kappa shape index (κ3) is 2.46. The number of H-pyrrole nitrogens is 1. The molecule has 2 aliphatic rings. The smallest absolute Gasteiger partial charge is 0.228 e. The van der Waals surface area contributed by atoms with Crippen LogP contribution in [-0.4, -0.2) is 33.7 Å². The Morgan fingerprint density at radius 2 is 2.17 bits per heavy atom. The van der Waals surface area contributed by atoms with Gasteiger partial charge in [-0.05, 0) is 30.9 Å². The number of fused-ring (bicyclic) bond motifs is 2. The van der Waals surface area contributed by atoms with Gasteiger partial charge < -0.3 is 15.0 Å². The summed E-state index contributed by atoms with van der Waals surface area (Å²) >= 11 is 6.07. The highest BCUT2D eigenvalue weighted by Gasteiger charge is 2.47. The van der Waals surface area contributed by atoms with Crippen LogP contribution in [0.5, 0.6) is 0 Å². The van der Waals surface area contributed by atoms with Crippen LogP contribution in [0, 0.1) is 11.8 Å². The Hall–Kier alpha value is -1.78. The van der Waals surface area contributed by atoms with Crippen molar-refractivity contribution in [1.82, 2.24) is 9.88 Å². The molecule has 4 rings (SSSR count). The maximum Gasteiger partial charge on any atom is 0.228 e. The Kier molecular flexibility index (Phi) is 3.66. The average Bonchev–Trinajstić information content (AvgIpc) is 3.06. The molecule has 1 fully saturated rings. The van der Waals surface area contributed by atoms with Gasteiger partial charge in [-0.3, -0.25) is 4.79 Å². The van der Waals surface area contributed by atoms with E-state index in [4.69, 9.17) is 11.6 Å². The number of halogens is 1. The molecule has 1 amide bonds. The van der Waals surface area contributed by atoms with Gasteiger partial charge in [0.25, 0.3) is 0 Å². The normalized spacial score (nSPS) is 27.4. The summed E-state index contributed by atoms with van der Waals surface area (Å²) in [6.45, 7) is 0.534. The van der Waals surface area contributed by atoms with Gasteiger partial charge in [0.05, 0.1) is 5.92 Å². The summed E-state index contributed by atoms with van der Waals surface area (Å²) in [6, 6.07) is 8.12. The molecule has 2 N–H and O–H groups in total. The van der Waals surface area contributed by atoms with Crippen molar-refractivity contribution in [3.63, 3.8) is 0 Å². The molecule has 4 nitrogen and oxygen atoms in total. The SMILES string of the molecule is O=C1C2CC(Cl)=CCC2C(O)N1CCc1c[nH]c2ccccc12. The van der Waals surface area contributed by atoms with Crippen LogP contribution in [0.2, 0.25) is 0 Å². The largest absolute Gasteiger partial charge is 0.373 e. The number of hydrogen-bond acceptors (Lipinski definition) is 2. The van der Waals surface area contributed by atoms with Crippen molar-refractivity contribution >= 4 is 28.4 Å². The third-order valence-electron chi connectivity index (χ3n) is 5.14. The minimum Gasteiger partial charge on any atom is -0.373 e. The molecule has 0 radical (unpaired) electrons. The molecule has 2 heterocycles. The van der Waals surface area contributed by atoms with E-state index in [0.29, 0.717) is 19.4 Å². The van der Waals surface area contributed by atoms with Crippen molar-refractivity contribution < 1.29 is 9.90 Å². The highest BCUT2D eigenvalue weighted by atomic mass is 35.5. The summed E-state index contributed by atoms with van der Waals surface area (Å²) in [7, 11) is 0. The van der Waals surface area contributed by atoms with E-state index in [2.05, 4.69) is 11.1 Å². The highest BCUT2D eigenvalue weighted by Crippen LogP contribution is 2.41. The van der Waals surface area contributed by atoms with Crippen molar-refractivity contribution in [1.29, 1.82) is 0 Å².